The largest absolute Gasteiger partial charge is 0.326 e. The zero-order valence-corrected chi connectivity index (χ0v) is 9.45. The van der Waals surface area contributed by atoms with Gasteiger partial charge >= 0.3 is 0 Å². The summed E-state index contributed by atoms with van der Waals surface area (Å²) in [6, 6.07) is 6.09. The van der Waals surface area contributed by atoms with Gasteiger partial charge in [0, 0.05) is 29.9 Å². The molecule has 0 aliphatic heterocycles. The van der Waals surface area contributed by atoms with Crippen LogP contribution in [0.3, 0.4) is 0 Å². The highest BCUT2D eigenvalue weighted by Gasteiger charge is 2.04. The number of thiophene rings is 1. The molecule has 0 aromatic carbocycles. The van der Waals surface area contributed by atoms with E-state index < -0.39 is 0 Å². The molecule has 0 spiro atoms. The van der Waals surface area contributed by atoms with Gasteiger partial charge in [-0.25, -0.2) is 4.98 Å². The quantitative estimate of drug-likeness (QED) is 0.733. The molecule has 2 N–H and O–H groups in total. The van der Waals surface area contributed by atoms with Crippen molar-refractivity contribution in [3.05, 3.63) is 46.9 Å². The van der Waals surface area contributed by atoms with Crippen LogP contribution in [0.2, 0.25) is 0 Å². The van der Waals surface area contributed by atoms with Gasteiger partial charge < -0.3 is 10.1 Å². The van der Waals surface area contributed by atoms with Crippen molar-refractivity contribution in [1.29, 1.82) is 0 Å². The summed E-state index contributed by atoms with van der Waals surface area (Å²) in [5.41, 5.74) is 9.86. The lowest BCUT2D eigenvalue weighted by Crippen LogP contribution is -1.97. The highest BCUT2D eigenvalue weighted by molar-refractivity contribution is 7.08. The summed E-state index contributed by atoms with van der Waals surface area (Å²) >= 11 is 1.68. The number of rotatable bonds is 2. The molecule has 0 fully saturated rings. The van der Waals surface area contributed by atoms with Gasteiger partial charge in [0.1, 0.15) is 5.65 Å². The Morgan fingerprint density at radius 3 is 2.94 bits per heavy atom. The molecule has 0 radical (unpaired) electrons. The van der Waals surface area contributed by atoms with Crippen LogP contribution in [-0.2, 0) is 6.54 Å². The molecule has 0 aliphatic carbocycles. The lowest BCUT2D eigenvalue weighted by atomic mass is 10.3. The van der Waals surface area contributed by atoms with E-state index in [1.807, 2.05) is 28.9 Å². The van der Waals surface area contributed by atoms with Crippen LogP contribution in [0, 0.1) is 0 Å². The minimum absolute atomic E-state index is 0.557. The van der Waals surface area contributed by atoms with Gasteiger partial charge in [0.25, 0.3) is 0 Å². The Balaban J connectivity index is 2.16. The fourth-order valence-corrected chi connectivity index (χ4v) is 2.36. The first kappa shape index (κ1) is 9.57. The Bertz CT molecular complexity index is 610. The minimum Gasteiger partial charge on any atom is -0.326 e. The maximum Gasteiger partial charge on any atom is 0.137 e. The third kappa shape index (κ3) is 1.52. The summed E-state index contributed by atoms with van der Waals surface area (Å²) in [4.78, 5) is 4.56. The summed E-state index contributed by atoms with van der Waals surface area (Å²) in [6.45, 7) is 0.557. The molecule has 0 bridgehead atoms. The number of pyridine rings is 1. The van der Waals surface area contributed by atoms with Crippen LogP contribution in [0.25, 0.3) is 16.9 Å². The van der Waals surface area contributed by atoms with Crippen molar-refractivity contribution in [3.63, 3.8) is 0 Å². The van der Waals surface area contributed by atoms with Gasteiger partial charge in [0.2, 0.25) is 0 Å². The lowest BCUT2D eigenvalue weighted by molar-refractivity contribution is 1.03. The van der Waals surface area contributed by atoms with Gasteiger partial charge in [0.15, 0.2) is 0 Å². The number of hydrogen-bond donors (Lipinski definition) is 1. The third-order valence-corrected chi connectivity index (χ3v) is 3.25. The monoisotopic (exact) mass is 229 g/mol. The molecular formula is C12H11N3S. The summed E-state index contributed by atoms with van der Waals surface area (Å²) in [6.07, 6.45) is 4.06. The predicted molar refractivity (Wildman–Crippen MR) is 66.4 cm³/mol. The Hall–Kier alpha value is -1.65. The molecule has 0 aliphatic rings. The van der Waals surface area contributed by atoms with E-state index in [4.69, 9.17) is 5.73 Å². The summed E-state index contributed by atoms with van der Waals surface area (Å²) in [5, 5.41) is 4.16. The van der Waals surface area contributed by atoms with Crippen molar-refractivity contribution in [1.82, 2.24) is 9.38 Å². The molecule has 80 valence electrons. The molecule has 0 atom stereocenters. The molecular weight excluding hydrogens is 218 g/mol. The molecule has 0 saturated heterocycles. The second kappa shape index (κ2) is 3.73. The Kier molecular flexibility index (Phi) is 2.23. The molecule has 4 heteroatoms. The van der Waals surface area contributed by atoms with Crippen molar-refractivity contribution in [2.45, 2.75) is 6.54 Å². The van der Waals surface area contributed by atoms with Crippen molar-refractivity contribution in [2.75, 3.05) is 0 Å². The average molecular weight is 229 g/mol. The van der Waals surface area contributed by atoms with Crippen LogP contribution in [0.5, 0.6) is 0 Å². The van der Waals surface area contributed by atoms with Gasteiger partial charge in [-0.05, 0) is 23.1 Å². The van der Waals surface area contributed by atoms with E-state index in [0.29, 0.717) is 6.54 Å². The molecule has 0 saturated carbocycles. The van der Waals surface area contributed by atoms with Crippen molar-refractivity contribution in [2.24, 2.45) is 5.73 Å². The summed E-state index contributed by atoms with van der Waals surface area (Å²) in [5.74, 6) is 0. The van der Waals surface area contributed by atoms with Gasteiger partial charge in [-0.2, -0.15) is 11.3 Å². The molecule has 3 nitrogen and oxygen atoms in total. The van der Waals surface area contributed by atoms with Gasteiger partial charge in [-0.15, -0.1) is 0 Å². The van der Waals surface area contributed by atoms with E-state index in [0.717, 1.165) is 16.9 Å². The molecule has 0 amide bonds. The number of nitrogens with two attached hydrogens (primary N) is 1. The van der Waals surface area contributed by atoms with E-state index >= 15 is 0 Å². The highest BCUT2D eigenvalue weighted by atomic mass is 32.1. The lowest BCUT2D eigenvalue weighted by Gasteiger charge is -1.96. The van der Waals surface area contributed by atoms with E-state index in [2.05, 4.69) is 21.8 Å². The minimum atomic E-state index is 0.557. The fraction of sp³-hybridized carbons (Fsp3) is 0.0833. The molecule has 3 aromatic rings. The van der Waals surface area contributed by atoms with E-state index in [1.54, 1.807) is 11.3 Å². The molecule has 0 unspecified atom stereocenters. The number of aromatic nitrogens is 2. The Morgan fingerprint density at radius 1 is 1.25 bits per heavy atom. The first-order valence-corrected chi connectivity index (χ1v) is 6.01. The first-order chi connectivity index (χ1) is 7.86. The topological polar surface area (TPSA) is 43.3 Å². The Morgan fingerprint density at radius 2 is 2.19 bits per heavy atom. The van der Waals surface area contributed by atoms with Gasteiger partial charge in [-0.1, -0.05) is 6.07 Å². The van der Waals surface area contributed by atoms with Crippen LogP contribution in [0.1, 0.15) is 5.56 Å². The predicted octanol–water partition coefficient (Wildman–Crippen LogP) is 2.52. The van der Waals surface area contributed by atoms with Crippen LogP contribution in [0.4, 0.5) is 0 Å². The number of imidazole rings is 1. The van der Waals surface area contributed by atoms with Crippen LogP contribution >= 0.6 is 11.3 Å². The fourth-order valence-electron chi connectivity index (χ4n) is 1.71. The van der Waals surface area contributed by atoms with Crippen molar-refractivity contribution >= 4 is 17.0 Å². The van der Waals surface area contributed by atoms with Gasteiger partial charge in [-0.3, -0.25) is 0 Å². The molecule has 3 rings (SSSR count). The van der Waals surface area contributed by atoms with E-state index in [-0.39, 0.29) is 0 Å². The highest BCUT2D eigenvalue weighted by Crippen LogP contribution is 2.21. The first-order valence-electron chi connectivity index (χ1n) is 5.07. The molecule has 3 aromatic heterocycles. The SMILES string of the molecule is NCc1ccc2nc(-c3ccsc3)cn2c1. The number of hydrogen-bond acceptors (Lipinski definition) is 3. The maximum absolute atomic E-state index is 5.61. The van der Waals surface area contributed by atoms with Crippen LogP contribution < -0.4 is 5.73 Å². The zero-order chi connectivity index (χ0) is 11.0. The summed E-state index contributed by atoms with van der Waals surface area (Å²) in [7, 11) is 0. The van der Waals surface area contributed by atoms with Gasteiger partial charge in [0.05, 0.1) is 5.69 Å². The summed E-state index contributed by atoms with van der Waals surface area (Å²) < 4.78 is 2.02. The Labute approximate surface area is 97.2 Å². The molecule has 3 heterocycles. The smallest absolute Gasteiger partial charge is 0.137 e. The maximum atomic E-state index is 5.61. The second-order valence-electron chi connectivity index (χ2n) is 3.65. The van der Waals surface area contributed by atoms with Crippen LogP contribution in [0.15, 0.2) is 41.4 Å². The molecule has 16 heavy (non-hydrogen) atoms. The average Bonchev–Trinajstić information content (AvgIpc) is 2.96. The van der Waals surface area contributed by atoms with Crippen molar-refractivity contribution in [3.8, 4) is 11.3 Å². The van der Waals surface area contributed by atoms with Crippen molar-refractivity contribution < 1.29 is 0 Å². The second-order valence-corrected chi connectivity index (χ2v) is 4.43. The standard InChI is InChI=1S/C12H11N3S/c13-5-9-1-2-12-14-11(7-15(12)6-9)10-3-4-16-8-10/h1-4,6-8H,5,13H2. The van der Waals surface area contributed by atoms with Crippen LogP contribution in [-0.4, -0.2) is 9.38 Å². The number of fused-ring (bicyclic) bond motifs is 1. The number of nitrogens with zero attached hydrogens (tertiary/aromatic N) is 2. The normalized spacial score (nSPS) is 11.1. The zero-order valence-electron chi connectivity index (χ0n) is 8.63. The van der Waals surface area contributed by atoms with E-state index in [1.165, 1.54) is 5.56 Å². The van der Waals surface area contributed by atoms with E-state index in [9.17, 15) is 0 Å². The third-order valence-electron chi connectivity index (χ3n) is 2.56.